The van der Waals surface area contributed by atoms with Crippen LogP contribution in [0.1, 0.15) is 37.0 Å². The van der Waals surface area contributed by atoms with Gasteiger partial charge in [0.25, 0.3) is 5.91 Å². The molecule has 0 aliphatic carbocycles. The summed E-state index contributed by atoms with van der Waals surface area (Å²) in [6.45, 7) is 5.95. The second kappa shape index (κ2) is 6.77. The molecule has 25 heavy (non-hydrogen) atoms. The Bertz CT molecular complexity index is 678. The highest BCUT2D eigenvalue weighted by Crippen LogP contribution is 2.32. The van der Waals surface area contributed by atoms with E-state index in [0.29, 0.717) is 13.1 Å². The van der Waals surface area contributed by atoms with E-state index in [-0.39, 0.29) is 17.9 Å². The number of carbonyl (C=O) groups excluding carboxylic acids is 2. The Morgan fingerprint density at radius 3 is 2.72 bits per heavy atom. The van der Waals surface area contributed by atoms with Gasteiger partial charge in [-0.2, -0.15) is 0 Å². The largest absolute Gasteiger partial charge is 0.387 e. The molecule has 2 aliphatic heterocycles. The lowest BCUT2D eigenvalue weighted by Gasteiger charge is -2.40. The summed E-state index contributed by atoms with van der Waals surface area (Å²) in [5.41, 5.74) is 1.18. The number of urea groups is 1. The van der Waals surface area contributed by atoms with Crippen LogP contribution in [0.4, 0.5) is 4.79 Å². The lowest BCUT2D eigenvalue weighted by Crippen LogP contribution is -2.56. The Kier molecular flexibility index (Phi) is 4.84. The van der Waals surface area contributed by atoms with Crippen molar-refractivity contribution in [3.63, 3.8) is 0 Å². The van der Waals surface area contributed by atoms with Gasteiger partial charge in [0.15, 0.2) is 0 Å². The summed E-state index contributed by atoms with van der Waals surface area (Å²) in [6, 6.07) is 7.53. The Morgan fingerprint density at radius 2 is 2.08 bits per heavy atom. The summed E-state index contributed by atoms with van der Waals surface area (Å²) in [5, 5.41) is 13.5. The molecular weight excluding hydrogens is 318 g/mol. The number of imide groups is 1. The van der Waals surface area contributed by atoms with E-state index in [1.165, 1.54) is 11.9 Å². The predicted octanol–water partition coefficient (Wildman–Crippen LogP) is 1.68. The second-order valence-corrected chi connectivity index (χ2v) is 7.47. The van der Waals surface area contributed by atoms with Crippen molar-refractivity contribution in [2.24, 2.45) is 5.92 Å². The number of hydrogen-bond acceptors (Lipinski definition) is 4. The van der Waals surface area contributed by atoms with Gasteiger partial charge in [0.1, 0.15) is 5.54 Å². The molecule has 1 aromatic rings. The van der Waals surface area contributed by atoms with Crippen LogP contribution >= 0.6 is 0 Å². The van der Waals surface area contributed by atoms with E-state index in [4.69, 9.17) is 0 Å². The zero-order valence-corrected chi connectivity index (χ0v) is 15.2. The number of aliphatic hydroxyl groups is 1. The average Bonchev–Trinajstić information content (AvgIpc) is 2.79. The fourth-order valence-electron chi connectivity index (χ4n) is 4.07. The molecule has 0 aromatic heterocycles. The van der Waals surface area contributed by atoms with E-state index in [2.05, 4.69) is 10.2 Å². The SMILES string of the molecule is Cc1ccccc1[C@H](O)CN1CCC[C@H]([C@]2(C)NC(=O)N(C)C2=O)C1. The van der Waals surface area contributed by atoms with Gasteiger partial charge in [-0.15, -0.1) is 0 Å². The number of amides is 3. The summed E-state index contributed by atoms with van der Waals surface area (Å²) in [6.07, 6.45) is 1.30. The van der Waals surface area contributed by atoms with Gasteiger partial charge in [0.05, 0.1) is 6.10 Å². The minimum Gasteiger partial charge on any atom is -0.387 e. The van der Waals surface area contributed by atoms with E-state index in [1.54, 1.807) is 0 Å². The molecule has 0 saturated carbocycles. The molecule has 3 rings (SSSR count). The number of aliphatic hydroxyl groups excluding tert-OH is 1. The zero-order chi connectivity index (χ0) is 18.2. The highest BCUT2D eigenvalue weighted by atomic mass is 16.3. The van der Waals surface area contributed by atoms with Crippen LogP contribution in [0, 0.1) is 12.8 Å². The Balaban J connectivity index is 1.69. The molecule has 0 radical (unpaired) electrons. The molecule has 3 atom stereocenters. The van der Waals surface area contributed by atoms with Crippen LogP contribution < -0.4 is 5.32 Å². The number of rotatable bonds is 4. The first-order chi connectivity index (χ1) is 11.8. The van der Waals surface area contributed by atoms with Gasteiger partial charge in [-0.3, -0.25) is 9.69 Å². The van der Waals surface area contributed by atoms with Gasteiger partial charge in [-0.1, -0.05) is 24.3 Å². The van der Waals surface area contributed by atoms with Crippen molar-refractivity contribution in [2.45, 2.75) is 38.3 Å². The standard InChI is InChI=1S/C19H27N3O3/c1-13-7-4-5-9-15(13)16(23)12-22-10-6-8-14(11-22)19(2)17(24)21(3)18(25)20-19/h4-5,7,9,14,16,23H,6,8,10-12H2,1-3H3,(H,20,25)/t14-,16+,19-/m0/s1. The summed E-state index contributed by atoms with van der Waals surface area (Å²) in [7, 11) is 1.52. The monoisotopic (exact) mass is 345 g/mol. The van der Waals surface area contributed by atoms with E-state index in [9.17, 15) is 14.7 Å². The molecular formula is C19H27N3O3. The highest BCUT2D eigenvalue weighted by Gasteiger charge is 2.51. The maximum atomic E-state index is 12.5. The first-order valence-electron chi connectivity index (χ1n) is 8.89. The minimum absolute atomic E-state index is 0.0479. The van der Waals surface area contributed by atoms with Crippen molar-refractivity contribution in [3.8, 4) is 0 Å². The average molecular weight is 345 g/mol. The van der Waals surface area contributed by atoms with Crippen LogP contribution in [-0.2, 0) is 4.79 Å². The third-order valence-corrected chi connectivity index (χ3v) is 5.72. The molecule has 2 fully saturated rings. The van der Waals surface area contributed by atoms with Gasteiger partial charge in [-0.25, -0.2) is 4.79 Å². The van der Waals surface area contributed by atoms with Gasteiger partial charge < -0.3 is 15.3 Å². The minimum atomic E-state index is -0.849. The molecule has 1 aromatic carbocycles. The van der Waals surface area contributed by atoms with Crippen molar-refractivity contribution in [1.29, 1.82) is 0 Å². The number of carbonyl (C=O) groups is 2. The fourth-order valence-corrected chi connectivity index (χ4v) is 4.07. The first-order valence-corrected chi connectivity index (χ1v) is 8.89. The second-order valence-electron chi connectivity index (χ2n) is 7.47. The number of likely N-dealkylation sites (tertiary alicyclic amines) is 1. The van der Waals surface area contributed by atoms with Crippen molar-refractivity contribution in [3.05, 3.63) is 35.4 Å². The molecule has 0 unspecified atom stereocenters. The van der Waals surface area contributed by atoms with E-state index in [1.807, 2.05) is 38.1 Å². The molecule has 136 valence electrons. The number of piperidine rings is 1. The molecule has 2 aliphatic rings. The summed E-state index contributed by atoms with van der Waals surface area (Å²) in [4.78, 5) is 27.7. The smallest absolute Gasteiger partial charge is 0.324 e. The van der Waals surface area contributed by atoms with E-state index >= 15 is 0 Å². The number of benzene rings is 1. The lowest BCUT2D eigenvalue weighted by molar-refractivity contribution is -0.132. The number of likely N-dealkylation sites (N-methyl/N-ethyl adjacent to an activating group) is 1. The topological polar surface area (TPSA) is 72.9 Å². The zero-order valence-electron chi connectivity index (χ0n) is 15.2. The van der Waals surface area contributed by atoms with Crippen molar-refractivity contribution in [2.75, 3.05) is 26.7 Å². The van der Waals surface area contributed by atoms with Crippen LogP contribution in [0.5, 0.6) is 0 Å². The summed E-state index contributed by atoms with van der Waals surface area (Å²) in [5.74, 6) is -0.115. The quantitative estimate of drug-likeness (QED) is 0.815. The van der Waals surface area contributed by atoms with Crippen LogP contribution in [0.25, 0.3) is 0 Å². The maximum Gasteiger partial charge on any atom is 0.324 e. The van der Waals surface area contributed by atoms with E-state index < -0.39 is 11.6 Å². The number of nitrogens with one attached hydrogen (secondary N) is 1. The lowest BCUT2D eigenvalue weighted by atomic mass is 9.80. The molecule has 0 bridgehead atoms. The molecule has 3 amide bonds. The van der Waals surface area contributed by atoms with Crippen LogP contribution in [-0.4, -0.2) is 59.1 Å². The number of β-amino-alcohol motifs (C(OH)–C–C–N with tert-alkyl or cyclic N) is 1. The van der Waals surface area contributed by atoms with Gasteiger partial charge >= 0.3 is 6.03 Å². The summed E-state index contributed by atoms with van der Waals surface area (Å²) >= 11 is 0. The Hall–Kier alpha value is -1.92. The molecule has 0 spiro atoms. The van der Waals surface area contributed by atoms with Crippen molar-refractivity contribution >= 4 is 11.9 Å². The Morgan fingerprint density at radius 1 is 1.36 bits per heavy atom. The predicted molar refractivity (Wildman–Crippen MR) is 95.0 cm³/mol. The third kappa shape index (κ3) is 3.28. The molecule has 2 saturated heterocycles. The van der Waals surface area contributed by atoms with Crippen LogP contribution in [0.3, 0.4) is 0 Å². The third-order valence-electron chi connectivity index (χ3n) is 5.72. The number of nitrogens with zero attached hydrogens (tertiary/aromatic N) is 2. The van der Waals surface area contributed by atoms with Crippen LogP contribution in [0.2, 0.25) is 0 Å². The molecule has 6 heteroatoms. The molecule has 2 N–H and O–H groups in total. The Labute approximate surface area is 148 Å². The summed E-state index contributed by atoms with van der Waals surface area (Å²) < 4.78 is 0. The van der Waals surface area contributed by atoms with Gasteiger partial charge in [-0.05, 0) is 44.4 Å². The van der Waals surface area contributed by atoms with Gasteiger partial charge in [0.2, 0.25) is 0 Å². The van der Waals surface area contributed by atoms with Crippen molar-refractivity contribution in [1.82, 2.24) is 15.1 Å². The number of aryl methyl sites for hydroxylation is 1. The van der Waals surface area contributed by atoms with Gasteiger partial charge in [0, 0.05) is 26.1 Å². The van der Waals surface area contributed by atoms with Crippen molar-refractivity contribution < 1.29 is 14.7 Å². The fraction of sp³-hybridized carbons (Fsp3) is 0.579. The maximum absolute atomic E-state index is 12.5. The van der Waals surface area contributed by atoms with E-state index in [0.717, 1.165) is 30.5 Å². The molecule has 6 nitrogen and oxygen atoms in total. The normalized spacial score (nSPS) is 29.0. The first kappa shape index (κ1) is 17.9. The molecule has 2 heterocycles. The van der Waals surface area contributed by atoms with Crippen LogP contribution in [0.15, 0.2) is 24.3 Å². The number of hydrogen-bond donors (Lipinski definition) is 2. The highest BCUT2D eigenvalue weighted by molar-refractivity contribution is 6.06.